The van der Waals surface area contributed by atoms with Crippen LogP contribution in [0.2, 0.25) is 0 Å². The minimum Gasteiger partial charge on any atom is -0.492 e. The van der Waals surface area contributed by atoms with Crippen molar-refractivity contribution in [3.05, 3.63) is 72.3 Å². The highest BCUT2D eigenvalue weighted by atomic mass is 16.5. The van der Waals surface area contributed by atoms with Crippen LogP contribution in [-0.2, 0) is 0 Å². The number of aromatic amines is 1. The highest BCUT2D eigenvalue weighted by molar-refractivity contribution is 6.04. The number of amides is 1. The van der Waals surface area contributed by atoms with Crippen molar-refractivity contribution >= 4 is 28.3 Å². The highest BCUT2D eigenvalue weighted by Crippen LogP contribution is 2.24. The van der Waals surface area contributed by atoms with Crippen molar-refractivity contribution in [1.82, 2.24) is 14.9 Å². The quantitative estimate of drug-likeness (QED) is 0.233. The number of fused-ring (bicyclic) bond motifs is 1. The number of nitrogens with one attached hydrogen (secondary N) is 3. The van der Waals surface area contributed by atoms with Gasteiger partial charge in [-0.25, -0.2) is 4.98 Å². The van der Waals surface area contributed by atoms with Gasteiger partial charge in [0.2, 0.25) is 0 Å². The van der Waals surface area contributed by atoms with E-state index in [9.17, 15) is 4.79 Å². The van der Waals surface area contributed by atoms with Gasteiger partial charge in [0.05, 0.1) is 17.6 Å². The molecule has 8 heteroatoms. The molecule has 4 N–H and O–H groups in total. The van der Waals surface area contributed by atoms with Crippen LogP contribution in [0.15, 0.2) is 66.7 Å². The van der Waals surface area contributed by atoms with E-state index in [4.69, 9.17) is 9.84 Å². The van der Waals surface area contributed by atoms with Crippen molar-refractivity contribution < 1.29 is 14.6 Å². The fourth-order valence-electron chi connectivity index (χ4n) is 3.90. The van der Waals surface area contributed by atoms with Crippen LogP contribution in [0, 0.1) is 0 Å². The van der Waals surface area contributed by atoms with Crippen LogP contribution < -0.4 is 15.4 Å². The second-order valence-electron chi connectivity index (χ2n) is 8.40. The topological polar surface area (TPSA) is 103 Å². The molecule has 1 heterocycles. The summed E-state index contributed by atoms with van der Waals surface area (Å²) in [5.41, 5.74) is 4.80. The lowest BCUT2D eigenvalue weighted by Crippen LogP contribution is -2.27. The van der Waals surface area contributed by atoms with Gasteiger partial charge in [0.1, 0.15) is 18.2 Å². The summed E-state index contributed by atoms with van der Waals surface area (Å²) in [6, 6.07) is 20.6. The van der Waals surface area contributed by atoms with Crippen LogP contribution in [0.25, 0.3) is 22.4 Å². The van der Waals surface area contributed by atoms with E-state index >= 15 is 0 Å². The molecule has 0 atom stereocenters. The van der Waals surface area contributed by atoms with Gasteiger partial charge >= 0.3 is 0 Å². The van der Waals surface area contributed by atoms with Crippen LogP contribution in [0.4, 0.5) is 11.4 Å². The average molecular weight is 488 g/mol. The van der Waals surface area contributed by atoms with Gasteiger partial charge < -0.3 is 30.4 Å². The van der Waals surface area contributed by atoms with Gasteiger partial charge in [0.25, 0.3) is 5.91 Å². The Bertz CT molecular complexity index is 1260. The van der Waals surface area contributed by atoms with Crippen molar-refractivity contribution in [2.75, 3.05) is 50.0 Å². The molecule has 0 aliphatic rings. The summed E-state index contributed by atoms with van der Waals surface area (Å²) in [5, 5.41) is 14.9. The highest BCUT2D eigenvalue weighted by Gasteiger charge is 2.10. The molecule has 3 aromatic carbocycles. The Morgan fingerprint density at radius 2 is 1.72 bits per heavy atom. The summed E-state index contributed by atoms with van der Waals surface area (Å²) in [6.07, 6.45) is 0. The zero-order valence-corrected chi connectivity index (χ0v) is 20.8. The first kappa shape index (κ1) is 25.2. The zero-order chi connectivity index (χ0) is 25.3. The van der Waals surface area contributed by atoms with Gasteiger partial charge in [0.15, 0.2) is 0 Å². The number of aromatic nitrogens is 2. The lowest BCUT2D eigenvalue weighted by molar-refractivity contribution is 0.102. The van der Waals surface area contributed by atoms with Gasteiger partial charge in [-0.3, -0.25) is 4.79 Å². The third kappa shape index (κ3) is 6.41. The number of aliphatic hydroxyl groups excluding tert-OH is 1. The molecule has 4 rings (SSSR count). The molecule has 0 saturated carbocycles. The van der Waals surface area contributed by atoms with Crippen molar-refractivity contribution in [3.8, 4) is 17.1 Å². The Morgan fingerprint density at radius 1 is 1.00 bits per heavy atom. The van der Waals surface area contributed by atoms with Gasteiger partial charge in [-0.2, -0.15) is 0 Å². The maximum absolute atomic E-state index is 12.7. The van der Waals surface area contributed by atoms with E-state index < -0.39 is 0 Å². The number of ether oxygens (including phenoxy) is 1. The summed E-state index contributed by atoms with van der Waals surface area (Å²) < 4.78 is 5.93. The molecule has 0 bridgehead atoms. The number of rotatable bonds is 12. The van der Waals surface area contributed by atoms with Gasteiger partial charge in [-0.15, -0.1) is 0 Å². The van der Waals surface area contributed by atoms with Crippen molar-refractivity contribution in [2.45, 2.75) is 13.8 Å². The molecule has 0 aliphatic heterocycles. The van der Waals surface area contributed by atoms with Gasteiger partial charge in [-0.1, -0.05) is 26.0 Å². The van der Waals surface area contributed by atoms with E-state index in [1.54, 1.807) is 12.1 Å². The second kappa shape index (κ2) is 12.2. The van der Waals surface area contributed by atoms with Crippen molar-refractivity contribution in [1.29, 1.82) is 0 Å². The van der Waals surface area contributed by atoms with E-state index in [2.05, 4.69) is 39.3 Å². The zero-order valence-electron chi connectivity index (χ0n) is 20.8. The number of imidazole rings is 1. The van der Waals surface area contributed by atoms with E-state index in [0.717, 1.165) is 53.5 Å². The molecule has 0 radical (unpaired) electrons. The monoisotopic (exact) mass is 487 g/mol. The summed E-state index contributed by atoms with van der Waals surface area (Å²) >= 11 is 0. The molecule has 0 unspecified atom stereocenters. The lowest BCUT2D eigenvalue weighted by atomic mass is 10.1. The number of aliphatic hydroxyl groups is 1. The molecule has 0 spiro atoms. The smallest absolute Gasteiger partial charge is 0.255 e. The number of anilines is 2. The summed E-state index contributed by atoms with van der Waals surface area (Å²) in [6.45, 7) is 8.41. The molecule has 1 aromatic heterocycles. The van der Waals surface area contributed by atoms with Crippen LogP contribution in [-0.4, -0.2) is 65.3 Å². The number of hydrogen-bond donors (Lipinski definition) is 4. The fraction of sp³-hybridized carbons (Fsp3) is 0.286. The lowest BCUT2D eigenvalue weighted by Gasteiger charge is -2.17. The molecular weight excluding hydrogens is 454 g/mol. The molecule has 1 amide bonds. The predicted octanol–water partition coefficient (Wildman–Crippen LogP) is 4.61. The number of benzene rings is 3. The Morgan fingerprint density at radius 3 is 2.42 bits per heavy atom. The molecule has 0 aliphatic carbocycles. The number of carbonyl (C=O) groups is 1. The second-order valence-corrected chi connectivity index (χ2v) is 8.40. The first-order valence-corrected chi connectivity index (χ1v) is 12.3. The summed E-state index contributed by atoms with van der Waals surface area (Å²) in [4.78, 5) is 23.0. The molecule has 188 valence electrons. The van der Waals surface area contributed by atoms with Crippen LogP contribution >= 0.6 is 0 Å². The Labute approximate surface area is 211 Å². The van der Waals surface area contributed by atoms with E-state index in [1.165, 1.54) is 0 Å². The fourth-order valence-corrected chi connectivity index (χ4v) is 3.90. The van der Waals surface area contributed by atoms with Crippen LogP contribution in [0.3, 0.4) is 0 Å². The standard InChI is InChI=1S/C28H33N5O3/c1-3-33(4-2)16-18-36-24-13-14-25-26(19-24)32-27(31-25)20-5-7-21(8-6-20)28(35)30-23-11-9-22(10-12-23)29-15-17-34/h5-14,19,29,34H,3-4,15-18H2,1-2H3,(H,30,35)(H,31,32). The van der Waals surface area contributed by atoms with E-state index in [1.807, 2.05) is 54.6 Å². The number of nitrogens with zero attached hydrogens (tertiary/aromatic N) is 2. The normalized spacial score (nSPS) is 11.1. The number of carbonyl (C=O) groups excluding carboxylic acids is 1. The third-order valence-corrected chi connectivity index (χ3v) is 6.03. The summed E-state index contributed by atoms with van der Waals surface area (Å²) in [5.74, 6) is 1.37. The maximum Gasteiger partial charge on any atom is 0.255 e. The Hall–Kier alpha value is -3.88. The Kier molecular flexibility index (Phi) is 8.54. The molecule has 0 saturated heterocycles. The minimum absolute atomic E-state index is 0.0647. The largest absolute Gasteiger partial charge is 0.492 e. The average Bonchev–Trinajstić information content (AvgIpc) is 3.34. The minimum atomic E-state index is -0.186. The predicted molar refractivity (Wildman–Crippen MR) is 145 cm³/mol. The van der Waals surface area contributed by atoms with Gasteiger partial charge in [-0.05, 0) is 61.6 Å². The van der Waals surface area contributed by atoms with E-state index in [0.29, 0.717) is 24.4 Å². The number of likely N-dealkylation sites (N-methyl/N-ethyl adjacent to an activating group) is 1. The number of H-pyrrole nitrogens is 1. The SMILES string of the molecule is CCN(CC)CCOc1ccc2nc(-c3ccc(C(=O)Nc4ccc(NCCO)cc4)cc3)[nH]c2c1. The molecule has 8 nitrogen and oxygen atoms in total. The van der Waals surface area contributed by atoms with Crippen LogP contribution in [0.5, 0.6) is 5.75 Å². The van der Waals surface area contributed by atoms with Crippen LogP contribution in [0.1, 0.15) is 24.2 Å². The summed E-state index contributed by atoms with van der Waals surface area (Å²) in [7, 11) is 0. The third-order valence-electron chi connectivity index (χ3n) is 6.03. The molecule has 4 aromatic rings. The number of hydrogen-bond acceptors (Lipinski definition) is 6. The first-order valence-electron chi connectivity index (χ1n) is 12.3. The molecule has 0 fully saturated rings. The molecular formula is C28H33N5O3. The molecule has 36 heavy (non-hydrogen) atoms. The van der Waals surface area contributed by atoms with E-state index in [-0.39, 0.29) is 12.5 Å². The first-order chi connectivity index (χ1) is 17.6. The Balaban J connectivity index is 1.38. The maximum atomic E-state index is 12.7. The van der Waals surface area contributed by atoms with Gasteiger partial charge in [0, 0.05) is 41.7 Å². The van der Waals surface area contributed by atoms with Crippen molar-refractivity contribution in [2.24, 2.45) is 0 Å². The van der Waals surface area contributed by atoms with Crippen molar-refractivity contribution in [3.63, 3.8) is 0 Å².